The third-order valence-corrected chi connectivity index (χ3v) is 6.63. The molecule has 0 atom stereocenters. The lowest BCUT2D eigenvalue weighted by atomic mass is 10.1. The normalized spacial score (nSPS) is 16.2. The highest BCUT2D eigenvalue weighted by molar-refractivity contribution is 6.05. The van der Waals surface area contributed by atoms with Crippen LogP contribution in [-0.4, -0.2) is 54.0 Å². The fourth-order valence-electron chi connectivity index (χ4n) is 4.40. The second-order valence-corrected chi connectivity index (χ2v) is 9.38. The van der Waals surface area contributed by atoms with Crippen molar-refractivity contribution in [2.45, 2.75) is 13.1 Å². The summed E-state index contributed by atoms with van der Waals surface area (Å²) >= 11 is 0. The number of piperazine rings is 1. The van der Waals surface area contributed by atoms with Crippen LogP contribution in [0.15, 0.2) is 55.3 Å². The van der Waals surface area contributed by atoms with Gasteiger partial charge in [0, 0.05) is 61.6 Å². The number of halogens is 4. The Morgan fingerprint density at radius 1 is 1.03 bits per heavy atom. The molecule has 2 aliphatic rings. The Bertz CT molecular complexity index is 1410. The molecule has 3 aromatic rings. The van der Waals surface area contributed by atoms with E-state index in [2.05, 4.69) is 26.2 Å². The predicted molar refractivity (Wildman–Crippen MR) is 139 cm³/mol. The van der Waals surface area contributed by atoms with Crippen LogP contribution in [0, 0.1) is 12.7 Å². The number of alkyl halides is 3. The van der Waals surface area contributed by atoms with Gasteiger partial charge in [-0.1, -0.05) is 6.07 Å². The van der Waals surface area contributed by atoms with E-state index in [1.807, 2.05) is 18.9 Å². The molecule has 13 heteroatoms. The summed E-state index contributed by atoms with van der Waals surface area (Å²) in [5, 5.41) is 4.35. The molecule has 39 heavy (non-hydrogen) atoms. The molecule has 1 aromatic heterocycles. The van der Waals surface area contributed by atoms with Crippen LogP contribution in [0.2, 0.25) is 0 Å². The molecule has 1 fully saturated rings. The molecule has 0 spiro atoms. The molecule has 0 saturated carbocycles. The first-order chi connectivity index (χ1) is 18.6. The van der Waals surface area contributed by atoms with Crippen LogP contribution in [0.4, 0.5) is 34.6 Å². The first-order valence-electron chi connectivity index (χ1n) is 12.1. The summed E-state index contributed by atoms with van der Waals surface area (Å²) in [6.45, 7) is 3.70. The van der Waals surface area contributed by atoms with Crippen LogP contribution < -0.4 is 26.2 Å². The van der Waals surface area contributed by atoms with Crippen molar-refractivity contribution in [3.8, 4) is 0 Å². The van der Waals surface area contributed by atoms with Gasteiger partial charge in [-0.15, -0.1) is 5.53 Å². The molecule has 0 aliphatic carbocycles. The Balaban J connectivity index is 1.42. The van der Waals surface area contributed by atoms with Gasteiger partial charge in [-0.05, 0) is 43.8 Å². The number of carbonyl (C=O) groups is 1. The number of aryl methyl sites for hydroxylation is 1. The lowest BCUT2D eigenvalue weighted by Crippen LogP contribution is -2.45. The van der Waals surface area contributed by atoms with Gasteiger partial charge in [0.15, 0.2) is 5.82 Å². The number of nitrogens with one attached hydrogen (secondary N) is 3. The summed E-state index contributed by atoms with van der Waals surface area (Å²) in [4.78, 5) is 24.7. The molecular formula is C26H26F4N8O. The molecule has 1 saturated heterocycles. The average Bonchev–Trinajstić information content (AvgIpc) is 3.40. The highest BCUT2D eigenvalue weighted by Crippen LogP contribution is 2.37. The highest BCUT2D eigenvalue weighted by Gasteiger charge is 2.37. The van der Waals surface area contributed by atoms with Gasteiger partial charge in [-0.2, -0.15) is 13.2 Å². The van der Waals surface area contributed by atoms with Crippen LogP contribution in [0.1, 0.15) is 27.0 Å². The minimum atomic E-state index is -4.96. The number of rotatable bonds is 5. The molecular weight excluding hydrogens is 516 g/mol. The van der Waals surface area contributed by atoms with E-state index in [0.29, 0.717) is 49.3 Å². The number of aromatic nitrogens is 2. The number of hydrogen-bond donors (Lipinski definition) is 3. The molecule has 3 heterocycles. The fourth-order valence-corrected chi connectivity index (χ4v) is 4.40. The van der Waals surface area contributed by atoms with Gasteiger partial charge in [0.05, 0.1) is 22.6 Å². The van der Waals surface area contributed by atoms with Crippen molar-refractivity contribution < 1.29 is 22.4 Å². The third-order valence-electron chi connectivity index (χ3n) is 6.63. The summed E-state index contributed by atoms with van der Waals surface area (Å²) in [7, 11) is 1.88. The van der Waals surface area contributed by atoms with Crippen molar-refractivity contribution in [2.75, 3.05) is 48.5 Å². The fraction of sp³-hybridized carbons (Fsp3) is 0.269. The standard InChI is InChI=1S/C26H26F4N8O/c1-16-3-4-19(11-22(16)38-14-21(34-35-38)18-12-31-15-32-13-18)33-25(39)17-9-20(26(28,29)30)24(27)23(10-17)37-7-5-36(2)6-8-37/h3-4,9-15,34-35H,5-8H2,1-2H3,(H,33,39). The highest BCUT2D eigenvalue weighted by atomic mass is 19.4. The van der Waals surface area contributed by atoms with Gasteiger partial charge in [0.25, 0.3) is 5.91 Å². The topological polar surface area (TPSA) is 88.7 Å². The lowest BCUT2D eigenvalue weighted by molar-refractivity contribution is -0.139. The van der Waals surface area contributed by atoms with Crippen molar-refractivity contribution in [1.82, 2.24) is 25.8 Å². The molecule has 5 rings (SSSR count). The molecule has 0 bridgehead atoms. The zero-order chi connectivity index (χ0) is 27.7. The number of anilines is 3. The summed E-state index contributed by atoms with van der Waals surface area (Å²) < 4.78 is 56.2. The van der Waals surface area contributed by atoms with Gasteiger partial charge in [-0.25, -0.2) is 14.4 Å². The average molecular weight is 543 g/mol. The van der Waals surface area contributed by atoms with Crippen molar-refractivity contribution in [3.05, 3.63) is 83.3 Å². The molecule has 2 aliphatic heterocycles. The van der Waals surface area contributed by atoms with Gasteiger partial charge in [0.2, 0.25) is 0 Å². The zero-order valence-corrected chi connectivity index (χ0v) is 21.2. The first kappa shape index (κ1) is 26.4. The Kier molecular flexibility index (Phi) is 7.10. The van der Waals surface area contributed by atoms with E-state index < -0.39 is 23.5 Å². The quantitative estimate of drug-likeness (QED) is 0.420. The maximum Gasteiger partial charge on any atom is 0.419 e. The Morgan fingerprint density at radius 3 is 2.44 bits per heavy atom. The molecule has 3 N–H and O–H groups in total. The van der Waals surface area contributed by atoms with Crippen molar-refractivity contribution in [3.63, 3.8) is 0 Å². The SMILES string of the molecule is Cc1ccc(NC(=O)c2cc(N3CCN(C)CC3)c(F)c(C(F)(F)F)c2)cc1N1C=C(c2cncnc2)NN1. The number of likely N-dealkylation sites (N-methyl/N-ethyl adjacent to an activating group) is 1. The largest absolute Gasteiger partial charge is 0.419 e. The molecule has 2 aromatic carbocycles. The number of amides is 1. The number of hydrogen-bond acceptors (Lipinski definition) is 8. The van der Waals surface area contributed by atoms with Crippen molar-refractivity contribution in [2.24, 2.45) is 0 Å². The molecule has 1 amide bonds. The summed E-state index contributed by atoms with van der Waals surface area (Å²) in [6, 6.07) is 6.83. The van der Waals surface area contributed by atoms with E-state index in [0.717, 1.165) is 11.1 Å². The number of benzene rings is 2. The lowest BCUT2D eigenvalue weighted by Gasteiger charge is -2.34. The van der Waals surface area contributed by atoms with E-state index in [4.69, 9.17) is 0 Å². The van der Waals surface area contributed by atoms with Gasteiger partial charge in [-0.3, -0.25) is 9.80 Å². The maximum atomic E-state index is 15.0. The second-order valence-electron chi connectivity index (χ2n) is 9.38. The number of nitrogens with zero attached hydrogens (tertiary/aromatic N) is 5. The van der Waals surface area contributed by atoms with Gasteiger partial charge in [0.1, 0.15) is 6.33 Å². The zero-order valence-electron chi connectivity index (χ0n) is 21.2. The Hall–Kier alpha value is -4.23. The van der Waals surface area contributed by atoms with Crippen LogP contribution in [0.3, 0.4) is 0 Å². The Morgan fingerprint density at radius 2 is 1.74 bits per heavy atom. The Labute approximate surface area is 222 Å². The van der Waals surface area contributed by atoms with Crippen LogP contribution in [-0.2, 0) is 6.18 Å². The van der Waals surface area contributed by atoms with E-state index in [1.165, 1.54) is 12.4 Å². The van der Waals surface area contributed by atoms with Crippen molar-refractivity contribution >= 4 is 28.7 Å². The number of carbonyl (C=O) groups excluding carboxylic acids is 1. The minimum Gasteiger partial charge on any atom is -0.367 e. The third kappa shape index (κ3) is 5.64. The minimum absolute atomic E-state index is 0.234. The van der Waals surface area contributed by atoms with Crippen molar-refractivity contribution in [1.29, 1.82) is 0 Å². The number of hydrazine groups is 2. The van der Waals surface area contributed by atoms with Crippen LogP contribution in [0.5, 0.6) is 0 Å². The summed E-state index contributed by atoms with van der Waals surface area (Å²) in [6.07, 6.45) is 1.54. The van der Waals surface area contributed by atoms with E-state index in [-0.39, 0.29) is 11.3 Å². The van der Waals surface area contributed by atoms with Gasteiger partial charge < -0.3 is 20.5 Å². The second kappa shape index (κ2) is 10.5. The molecule has 0 unspecified atom stereocenters. The van der Waals surface area contributed by atoms with E-state index >= 15 is 4.39 Å². The maximum absolute atomic E-state index is 15.0. The van der Waals surface area contributed by atoms with E-state index in [9.17, 15) is 18.0 Å². The van der Waals surface area contributed by atoms with Crippen LogP contribution >= 0.6 is 0 Å². The molecule has 0 radical (unpaired) electrons. The first-order valence-corrected chi connectivity index (χ1v) is 12.1. The van der Waals surface area contributed by atoms with Crippen LogP contribution in [0.25, 0.3) is 5.70 Å². The summed E-state index contributed by atoms with van der Waals surface area (Å²) in [5.74, 6) is -2.16. The van der Waals surface area contributed by atoms with Gasteiger partial charge >= 0.3 is 6.18 Å². The summed E-state index contributed by atoms with van der Waals surface area (Å²) in [5.41, 5.74) is 7.40. The predicted octanol–water partition coefficient (Wildman–Crippen LogP) is 3.77. The van der Waals surface area contributed by atoms with E-state index in [1.54, 1.807) is 46.7 Å². The molecule has 9 nitrogen and oxygen atoms in total. The smallest absolute Gasteiger partial charge is 0.367 e. The monoisotopic (exact) mass is 542 g/mol. The molecule has 204 valence electrons.